The minimum absolute atomic E-state index is 0.539. The molecular formula is C10H12O2. The monoisotopic (exact) mass is 164 g/mol. The zero-order valence-electron chi connectivity index (χ0n) is 7.17. The van der Waals surface area contributed by atoms with Crippen LogP contribution in [0.25, 0.3) is 0 Å². The highest BCUT2D eigenvalue weighted by Crippen LogP contribution is 2.28. The van der Waals surface area contributed by atoms with Crippen molar-refractivity contribution in [2.75, 3.05) is 0 Å². The van der Waals surface area contributed by atoms with Crippen LogP contribution in [0.1, 0.15) is 35.0 Å². The molecule has 1 unspecified atom stereocenters. The quantitative estimate of drug-likeness (QED) is 0.596. The van der Waals surface area contributed by atoms with E-state index in [-0.39, 0.29) is 0 Å². The third kappa shape index (κ3) is 1.07. The van der Waals surface area contributed by atoms with Gasteiger partial charge in [0.15, 0.2) is 12.0 Å². The molecule has 1 aliphatic rings. The molecule has 2 rings (SSSR count). The predicted octanol–water partition coefficient (Wildman–Crippen LogP) is 2.22. The lowest BCUT2D eigenvalue weighted by molar-refractivity contribution is 0.109. The van der Waals surface area contributed by atoms with Gasteiger partial charge in [-0.15, -0.1) is 0 Å². The van der Waals surface area contributed by atoms with Crippen LogP contribution in [0.15, 0.2) is 10.7 Å². The first-order chi connectivity index (χ1) is 5.81. The van der Waals surface area contributed by atoms with E-state index in [2.05, 4.69) is 6.92 Å². The molecule has 0 bridgehead atoms. The van der Waals surface area contributed by atoms with E-state index < -0.39 is 0 Å². The molecule has 1 heterocycles. The lowest BCUT2D eigenvalue weighted by atomic mass is 9.87. The first-order valence-corrected chi connectivity index (χ1v) is 4.35. The lowest BCUT2D eigenvalue weighted by Crippen LogP contribution is -2.10. The van der Waals surface area contributed by atoms with Crippen LogP contribution in [-0.4, -0.2) is 6.29 Å². The SMILES string of the molecule is CC1CCc2c(coc2C=O)C1. The zero-order chi connectivity index (χ0) is 8.55. The summed E-state index contributed by atoms with van der Waals surface area (Å²) in [6, 6.07) is 0. The van der Waals surface area contributed by atoms with Crippen LogP contribution in [0.3, 0.4) is 0 Å². The first-order valence-electron chi connectivity index (χ1n) is 4.35. The van der Waals surface area contributed by atoms with Gasteiger partial charge in [-0.25, -0.2) is 0 Å². The highest BCUT2D eigenvalue weighted by atomic mass is 16.3. The predicted molar refractivity (Wildman–Crippen MR) is 45.3 cm³/mol. The summed E-state index contributed by atoms with van der Waals surface area (Å²) in [5, 5.41) is 0. The Morgan fingerprint density at radius 2 is 2.50 bits per heavy atom. The molecule has 12 heavy (non-hydrogen) atoms. The molecule has 64 valence electrons. The first kappa shape index (κ1) is 7.59. The van der Waals surface area contributed by atoms with Crippen molar-refractivity contribution < 1.29 is 9.21 Å². The normalized spacial score (nSPS) is 21.9. The van der Waals surface area contributed by atoms with Gasteiger partial charge in [-0.2, -0.15) is 0 Å². The third-order valence-electron chi connectivity index (χ3n) is 2.58. The molecule has 1 aromatic rings. The van der Waals surface area contributed by atoms with Crippen LogP contribution in [0.4, 0.5) is 0 Å². The fraction of sp³-hybridized carbons (Fsp3) is 0.500. The van der Waals surface area contributed by atoms with Gasteiger partial charge in [0.25, 0.3) is 0 Å². The number of rotatable bonds is 1. The van der Waals surface area contributed by atoms with Crippen molar-refractivity contribution in [3.8, 4) is 0 Å². The topological polar surface area (TPSA) is 30.2 Å². The Morgan fingerprint density at radius 3 is 3.25 bits per heavy atom. The van der Waals surface area contributed by atoms with Crippen LogP contribution in [0.5, 0.6) is 0 Å². The molecule has 0 aliphatic heterocycles. The number of hydrogen-bond donors (Lipinski definition) is 0. The number of fused-ring (bicyclic) bond motifs is 1. The third-order valence-corrected chi connectivity index (χ3v) is 2.58. The van der Waals surface area contributed by atoms with Gasteiger partial charge in [-0.05, 0) is 30.7 Å². The molecule has 0 fully saturated rings. The maximum Gasteiger partial charge on any atom is 0.185 e. The van der Waals surface area contributed by atoms with Crippen LogP contribution >= 0.6 is 0 Å². The van der Waals surface area contributed by atoms with E-state index in [0.29, 0.717) is 5.76 Å². The summed E-state index contributed by atoms with van der Waals surface area (Å²) in [5.41, 5.74) is 2.37. The molecule has 0 saturated heterocycles. The summed E-state index contributed by atoms with van der Waals surface area (Å²) < 4.78 is 5.15. The largest absolute Gasteiger partial charge is 0.461 e. The second kappa shape index (κ2) is 2.77. The summed E-state index contributed by atoms with van der Waals surface area (Å²) >= 11 is 0. The van der Waals surface area contributed by atoms with Gasteiger partial charge >= 0.3 is 0 Å². The molecule has 1 aliphatic carbocycles. The number of hydrogen-bond acceptors (Lipinski definition) is 2. The molecule has 2 nitrogen and oxygen atoms in total. The summed E-state index contributed by atoms with van der Waals surface area (Å²) in [6.45, 7) is 2.23. The van der Waals surface area contributed by atoms with Crippen molar-refractivity contribution in [2.24, 2.45) is 5.92 Å². The Balaban J connectivity index is 2.38. The number of carbonyl (C=O) groups excluding carboxylic acids is 1. The smallest absolute Gasteiger partial charge is 0.185 e. The Morgan fingerprint density at radius 1 is 1.67 bits per heavy atom. The Labute approximate surface area is 71.6 Å². The van der Waals surface area contributed by atoms with Gasteiger partial charge in [0.1, 0.15) is 0 Å². The maximum atomic E-state index is 10.5. The van der Waals surface area contributed by atoms with E-state index in [1.165, 1.54) is 12.0 Å². The van der Waals surface area contributed by atoms with Crippen molar-refractivity contribution in [1.82, 2.24) is 0 Å². The maximum absolute atomic E-state index is 10.5. The van der Waals surface area contributed by atoms with Gasteiger partial charge in [-0.3, -0.25) is 4.79 Å². The van der Waals surface area contributed by atoms with E-state index in [9.17, 15) is 4.79 Å². The van der Waals surface area contributed by atoms with Gasteiger partial charge < -0.3 is 4.42 Å². The van der Waals surface area contributed by atoms with E-state index in [0.717, 1.165) is 30.6 Å². The molecule has 0 radical (unpaired) electrons. The molecule has 0 N–H and O–H groups in total. The van der Waals surface area contributed by atoms with Crippen molar-refractivity contribution in [2.45, 2.75) is 26.2 Å². The number of carbonyl (C=O) groups is 1. The molecular weight excluding hydrogens is 152 g/mol. The molecule has 0 aromatic carbocycles. The van der Waals surface area contributed by atoms with E-state index >= 15 is 0 Å². The van der Waals surface area contributed by atoms with Gasteiger partial charge in [0.2, 0.25) is 0 Å². The molecule has 1 atom stereocenters. The minimum Gasteiger partial charge on any atom is -0.461 e. The van der Waals surface area contributed by atoms with Crippen molar-refractivity contribution in [1.29, 1.82) is 0 Å². The Bertz CT molecular complexity index is 299. The van der Waals surface area contributed by atoms with Gasteiger partial charge in [-0.1, -0.05) is 6.92 Å². The van der Waals surface area contributed by atoms with Crippen LogP contribution in [-0.2, 0) is 12.8 Å². The lowest BCUT2D eigenvalue weighted by Gasteiger charge is -2.16. The minimum atomic E-state index is 0.539. The molecule has 1 aromatic heterocycles. The molecule has 0 spiro atoms. The summed E-state index contributed by atoms with van der Waals surface area (Å²) in [5.74, 6) is 1.27. The van der Waals surface area contributed by atoms with E-state index in [1.54, 1.807) is 6.26 Å². The fourth-order valence-corrected chi connectivity index (χ4v) is 1.86. The Kier molecular flexibility index (Phi) is 1.75. The highest BCUT2D eigenvalue weighted by Gasteiger charge is 2.20. The summed E-state index contributed by atoms with van der Waals surface area (Å²) in [6.07, 6.45) is 5.78. The second-order valence-corrected chi connectivity index (χ2v) is 3.57. The fourth-order valence-electron chi connectivity index (χ4n) is 1.86. The second-order valence-electron chi connectivity index (χ2n) is 3.57. The summed E-state index contributed by atoms with van der Waals surface area (Å²) in [4.78, 5) is 10.5. The molecule has 0 saturated carbocycles. The average molecular weight is 164 g/mol. The molecule has 2 heteroatoms. The standard InChI is InChI=1S/C10H12O2/c1-7-2-3-9-8(4-7)6-12-10(9)5-11/h5-7H,2-4H2,1H3. The van der Waals surface area contributed by atoms with Crippen molar-refractivity contribution in [3.05, 3.63) is 23.2 Å². The van der Waals surface area contributed by atoms with Crippen LogP contribution < -0.4 is 0 Å². The summed E-state index contributed by atoms with van der Waals surface area (Å²) in [7, 11) is 0. The van der Waals surface area contributed by atoms with E-state index in [4.69, 9.17) is 4.42 Å². The van der Waals surface area contributed by atoms with Crippen LogP contribution in [0.2, 0.25) is 0 Å². The number of furan rings is 1. The Hall–Kier alpha value is -1.05. The van der Waals surface area contributed by atoms with Crippen LogP contribution in [0, 0.1) is 5.92 Å². The van der Waals surface area contributed by atoms with Crippen molar-refractivity contribution in [3.63, 3.8) is 0 Å². The van der Waals surface area contributed by atoms with Crippen molar-refractivity contribution >= 4 is 6.29 Å². The highest BCUT2D eigenvalue weighted by molar-refractivity contribution is 5.74. The average Bonchev–Trinajstić information content (AvgIpc) is 2.46. The van der Waals surface area contributed by atoms with Gasteiger partial charge in [0.05, 0.1) is 6.26 Å². The molecule has 0 amide bonds. The zero-order valence-corrected chi connectivity index (χ0v) is 7.17. The number of aldehydes is 1. The van der Waals surface area contributed by atoms with Gasteiger partial charge in [0, 0.05) is 5.56 Å². The van der Waals surface area contributed by atoms with E-state index in [1.807, 2.05) is 0 Å².